The van der Waals surface area contributed by atoms with Crippen LogP contribution in [-0.4, -0.2) is 23.6 Å². The zero-order valence-corrected chi connectivity index (χ0v) is 11.8. The minimum atomic E-state index is -0.772. The van der Waals surface area contributed by atoms with Crippen molar-refractivity contribution in [2.45, 2.75) is 19.4 Å². The maximum Gasteiger partial charge on any atom is 0.323 e. The summed E-state index contributed by atoms with van der Waals surface area (Å²) < 4.78 is 10.4. The van der Waals surface area contributed by atoms with E-state index in [4.69, 9.17) is 26.5 Å². The van der Waals surface area contributed by atoms with Crippen LogP contribution in [0.4, 0.5) is 0 Å². The topological polar surface area (TPSA) is 78.4 Å². The van der Waals surface area contributed by atoms with Crippen LogP contribution in [0.5, 0.6) is 0 Å². The van der Waals surface area contributed by atoms with Crippen LogP contribution in [0.3, 0.4) is 0 Å². The number of halogens is 1. The average Bonchev–Trinajstić information content (AvgIpc) is 2.88. The number of hydrogen-bond acceptors (Lipinski definition) is 5. The fourth-order valence-electron chi connectivity index (χ4n) is 1.67. The molecule has 0 aliphatic heterocycles. The van der Waals surface area contributed by atoms with Crippen LogP contribution in [0.15, 0.2) is 34.9 Å². The van der Waals surface area contributed by atoms with Gasteiger partial charge < -0.3 is 14.9 Å². The monoisotopic (exact) mass is 294 g/mol. The van der Waals surface area contributed by atoms with E-state index < -0.39 is 12.0 Å². The molecule has 0 spiro atoms. The molecular formula is C14H15ClN2O3. The maximum absolute atomic E-state index is 11.4. The molecule has 106 valence electrons. The Bertz CT molecular complexity index is 580. The molecule has 0 radical (unpaired) electrons. The van der Waals surface area contributed by atoms with E-state index in [0.717, 1.165) is 5.56 Å². The van der Waals surface area contributed by atoms with Crippen molar-refractivity contribution >= 4 is 17.6 Å². The van der Waals surface area contributed by atoms with Gasteiger partial charge in [0.15, 0.2) is 11.7 Å². The molecule has 20 heavy (non-hydrogen) atoms. The number of carbonyl (C=O) groups excluding carboxylic acids is 1. The minimum absolute atomic E-state index is 0.201. The fourth-order valence-corrected chi connectivity index (χ4v) is 1.80. The molecule has 0 saturated heterocycles. The fraction of sp³-hybridized carbons (Fsp3) is 0.286. The lowest BCUT2D eigenvalue weighted by atomic mass is 10.2. The Labute approximate surface area is 121 Å². The molecule has 0 bridgehead atoms. The summed E-state index contributed by atoms with van der Waals surface area (Å²) in [5, 5.41) is 0.651. The Morgan fingerprint density at radius 2 is 2.15 bits per heavy atom. The number of nitrogens with two attached hydrogens (primary N) is 1. The molecule has 1 atom stereocenters. The highest BCUT2D eigenvalue weighted by molar-refractivity contribution is 6.30. The number of hydrogen-bond donors (Lipinski definition) is 1. The van der Waals surface area contributed by atoms with E-state index in [9.17, 15) is 4.79 Å². The van der Waals surface area contributed by atoms with Crippen molar-refractivity contribution in [2.75, 3.05) is 6.61 Å². The van der Waals surface area contributed by atoms with Gasteiger partial charge in [0.25, 0.3) is 0 Å². The lowest BCUT2D eigenvalue weighted by Crippen LogP contribution is -2.34. The third-order valence-corrected chi connectivity index (χ3v) is 2.92. The van der Waals surface area contributed by atoms with Crippen LogP contribution in [0, 0.1) is 0 Å². The van der Waals surface area contributed by atoms with Gasteiger partial charge in [0.05, 0.1) is 19.2 Å². The maximum atomic E-state index is 11.4. The number of carbonyl (C=O) groups is 1. The largest absolute Gasteiger partial charge is 0.465 e. The molecule has 6 heteroatoms. The molecule has 1 aromatic heterocycles. The van der Waals surface area contributed by atoms with Gasteiger partial charge in [0.2, 0.25) is 0 Å². The summed E-state index contributed by atoms with van der Waals surface area (Å²) in [4.78, 5) is 15.5. The molecule has 0 aliphatic carbocycles. The zero-order chi connectivity index (χ0) is 14.5. The molecule has 0 unspecified atom stereocenters. The summed E-state index contributed by atoms with van der Waals surface area (Å²) >= 11 is 5.82. The van der Waals surface area contributed by atoms with Gasteiger partial charge in [0, 0.05) is 10.6 Å². The number of rotatable bonds is 5. The van der Waals surface area contributed by atoms with Crippen molar-refractivity contribution in [3.05, 3.63) is 41.4 Å². The predicted molar refractivity (Wildman–Crippen MR) is 75.3 cm³/mol. The van der Waals surface area contributed by atoms with Gasteiger partial charge in [-0.15, -0.1) is 0 Å². The zero-order valence-electron chi connectivity index (χ0n) is 11.0. The van der Waals surface area contributed by atoms with Gasteiger partial charge in [-0.1, -0.05) is 11.6 Å². The van der Waals surface area contributed by atoms with Gasteiger partial charge in [-0.05, 0) is 31.2 Å². The van der Waals surface area contributed by atoms with Crippen molar-refractivity contribution < 1.29 is 13.9 Å². The molecule has 2 rings (SSSR count). The summed E-state index contributed by atoms with van der Waals surface area (Å²) in [6, 6.07) is 6.43. The number of oxazole rings is 1. The summed E-state index contributed by atoms with van der Waals surface area (Å²) in [7, 11) is 0. The molecule has 0 amide bonds. The van der Waals surface area contributed by atoms with Crippen molar-refractivity contribution in [1.29, 1.82) is 0 Å². The Morgan fingerprint density at radius 1 is 1.45 bits per heavy atom. The first-order valence-electron chi connectivity index (χ1n) is 6.23. The Kier molecular flexibility index (Phi) is 4.76. The molecule has 1 aromatic carbocycles. The van der Waals surface area contributed by atoms with Gasteiger partial charge in [-0.2, -0.15) is 0 Å². The highest BCUT2D eigenvalue weighted by atomic mass is 35.5. The molecule has 2 N–H and O–H groups in total. The molecule has 1 heterocycles. The van der Waals surface area contributed by atoms with Crippen LogP contribution in [-0.2, 0) is 16.0 Å². The van der Waals surface area contributed by atoms with E-state index in [1.807, 2.05) is 12.1 Å². The van der Waals surface area contributed by atoms with E-state index in [2.05, 4.69) is 4.98 Å². The number of benzene rings is 1. The van der Waals surface area contributed by atoms with Crippen LogP contribution >= 0.6 is 11.6 Å². The van der Waals surface area contributed by atoms with Gasteiger partial charge >= 0.3 is 5.97 Å². The second-order valence-corrected chi connectivity index (χ2v) is 4.62. The molecule has 0 fully saturated rings. The van der Waals surface area contributed by atoms with E-state index in [1.165, 1.54) is 0 Å². The summed E-state index contributed by atoms with van der Waals surface area (Å²) in [5.74, 6) is 0.543. The van der Waals surface area contributed by atoms with E-state index in [-0.39, 0.29) is 6.42 Å². The predicted octanol–water partition coefficient (Wildman–Crippen LogP) is 2.43. The SMILES string of the molecule is CCOC(=O)[C@@H](N)Cc1ncc(-c2ccc(Cl)cc2)o1. The first kappa shape index (κ1) is 14.6. The van der Waals surface area contributed by atoms with Crippen LogP contribution in [0.2, 0.25) is 5.02 Å². The van der Waals surface area contributed by atoms with Crippen LogP contribution in [0.25, 0.3) is 11.3 Å². The van der Waals surface area contributed by atoms with Gasteiger partial charge in [-0.3, -0.25) is 4.79 Å². The van der Waals surface area contributed by atoms with E-state index in [1.54, 1.807) is 25.3 Å². The van der Waals surface area contributed by atoms with Crippen LogP contribution in [0.1, 0.15) is 12.8 Å². The van der Waals surface area contributed by atoms with Crippen molar-refractivity contribution in [3.63, 3.8) is 0 Å². The number of esters is 1. The van der Waals surface area contributed by atoms with Crippen LogP contribution < -0.4 is 5.73 Å². The van der Waals surface area contributed by atoms with E-state index in [0.29, 0.717) is 23.3 Å². The summed E-state index contributed by atoms with van der Waals surface area (Å²) in [6.07, 6.45) is 1.79. The lowest BCUT2D eigenvalue weighted by Gasteiger charge is -2.07. The van der Waals surface area contributed by atoms with Crippen molar-refractivity contribution in [1.82, 2.24) is 4.98 Å². The van der Waals surface area contributed by atoms with E-state index >= 15 is 0 Å². The van der Waals surface area contributed by atoms with Crippen molar-refractivity contribution in [2.24, 2.45) is 5.73 Å². The number of ether oxygens (including phenoxy) is 1. The first-order valence-corrected chi connectivity index (χ1v) is 6.60. The average molecular weight is 295 g/mol. The Balaban J connectivity index is 2.05. The Hall–Kier alpha value is -1.85. The molecule has 0 saturated carbocycles. The second-order valence-electron chi connectivity index (χ2n) is 4.19. The Morgan fingerprint density at radius 3 is 2.80 bits per heavy atom. The quantitative estimate of drug-likeness (QED) is 0.857. The number of nitrogens with zero attached hydrogens (tertiary/aromatic N) is 1. The first-order chi connectivity index (χ1) is 9.60. The smallest absolute Gasteiger partial charge is 0.323 e. The normalized spacial score (nSPS) is 12.2. The third kappa shape index (κ3) is 3.59. The molecular weight excluding hydrogens is 280 g/mol. The summed E-state index contributed by atoms with van der Waals surface area (Å²) in [5.41, 5.74) is 6.57. The highest BCUT2D eigenvalue weighted by Gasteiger charge is 2.18. The van der Waals surface area contributed by atoms with Gasteiger partial charge in [-0.25, -0.2) is 4.98 Å². The highest BCUT2D eigenvalue weighted by Crippen LogP contribution is 2.22. The van der Waals surface area contributed by atoms with Crippen molar-refractivity contribution in [3.8, 4) is 11.3 Å². The second kappa shape index (κ2) is 6.54. The lowest BCUT2D eigenvalue weighted by molar-refractivity contribution is -0.144. The standard InChI is InChI=1S/C14H15ClN2O3/c1-2-19-14(18)11(16)7-13-17-8-12(20-13)9-3-5-10(15)6-4-9/h3-6,8,11H,2,7,16H2,1H3/t11-/m0/s1. The molecule has 0 aliphatic rings. The number of aromatic nitrogens is 1. The van der Waals surface area contributed by atoms with Gasteiger partial charge in [0.1, 0.15) is 6.04 Å². The minimum Gasteiger partial charge on any atom is -0.465 e. The molecule has 5 nitrogen and oxygen atoms in total. The molecule has 2 aromatic rings. The summed E-state index contributed by atoms with van der Waals surface area (Å²) in [6.45, 7) is 2.03. The third-order valence-electron chi connectivity index (χ3n) is 2.67.